The van der Waals surface area contributed by atoms with Crippen LogP contribution in [0.5, 0.6) is 0 Å². The van der Waals surface area contributed by atoms with Gasteiger partial charge in [0.05, 0.1) is 52.2 Å². The Labute approximate surface area is 381 Å². The third-order valence-electron chi connectivity index (χ3n) is 11.1. The van der Waals surface area contributed by atoms with E-state index in [1.54, 1.807) is 0 Å². The lowest BCUT2D eigenvalue weighted by atomic mass is 10.0. The first-order valence-corrected chi connectivity index (χ1v) is 25.1. The summed E-state index contributed by atoms with van der Waals surface area (Å²) in [6.07, 6.45) is 23.8. The molecule has 368 valence electrons. The summed E-state index contributed by atoms with van der Waals surface area (Å²) in [7, 11) is 0. The maximum Gasteiger partial charge on any atom is 0.305 e. The fourth-order valence-corrected chi connectivity index (χ4v) is 6.84. The SMILES string of the molecule is CCCCCCCC(=O)OCC(CCCC(=O)OCC(CO)COC(=O)CCCC(COC(=O)CCCCCCC)COC(=O)CCCCCCC)COC(=O)CCCCCCC. The predicted molar refractivity (Wildman–Crippen MR) is 245 cm³/mol. The second-order valence-corrected chi connectivity index (χ2v) is 17.3. The Bertz CT molecular complexity index is 1010. The number of esters is 6. The molecule has 13 nitrogen and oxygen atoms in total. The average molecular weight is 899 g/mol. The standard InChI is InChI=1S/C50H90O13/c1-5-9-13-17-21-29-45(52)58-36-42(37-59-46(53)30-22-18-14-10-6-2)27-25-33-49(56)62-40-44(35-51)41-63-50(57)34-26-28-43(38-60-47(54)31-23-19-15-11-7-3)39-61-48(55)32-24-20-16-12-8-4/h42-44,51H,5-41H2,1-4H3. The maximum atomic E-state index is 12.6. The van der Waals surface area contributed by atoms with E-state index in [4.69, 9.17) is 28.4 Å². The summed E-state index contributed by atoms with van der Waals surface area (Å²) in [5.41, 5.74) is 0. The normalized spacial score (nSPS) is 11.2. The van der Waals surface area contributed by atoms with Crippen LogP contribution in [-0.2, 0) is 57.2 Å². The third kappa shape index (κ3) is 40.1. The zero-order valence-electron chi connectivity index (χ0n) is 40.2. The van der Waals surface area contributed by atoms with E-state index in [1.807, 2.05) is 0 Å². The second kappa shape index (κ2) is 44.0. The van der Waals surface area contributed by atoms with Crippen molar-refractivity contribution in [3.63, 3.8) is 0 Å². The molecule has 0 fully saturated rings. The van der Waals surface area contributed by atoms with Crippen molar-refractivity contribution in [2.24, 2.45) is 17.8 Å². The minimum absolute atomic E-state index is 0.0783. The molecule has 0 aromatic carbocycles. The summed E-state index contributed by atoms with van der Waals surface area (Å²) in [6, 6.07) is 0. The molecule has 0 radical (unpaired) electrons. The van der Waals surface area contributed by atoms with Crippen LogP contribution in [0.4, 0.5) is 0 Å². The number of unbranched alkanes of at least 4 members (excludes halogenated alkanes) is 16. The largest absolute Gasteiger partial charge is 0.465 e. The molecule has 0 atom stereocenters. The lowest BCUT2D eigenvalue weighted by Gasteiger charge is -2.18. The summed E-state index contributed by atoms with van der Waals surface area (Å²) < 4.78 is 32.9. The van der Waals surface area contributed by atoms with Crippen molar-refractivity contribution >= 4 is 35.8 Å². The van der Waals surface area contributed by atoms with Gasteiger partial charge in [-0.2, -0.15) is 0 Å². The molecule has 0 aliphatic carbocycles. The van der Waals surface area contributed by atoms with Gasteiger partial charge in [0.15, 0.2) is 0 Å². The molecule has 0 spiro atoms. The summed E-state index contributed by atoms with van der Waals surface area (Å²) in [4.78, 5) is 74.8. The molecule has 0 aromatic rings. The number of rotatable bonds is 45. The highest BCUT2D eigenvalue weighted by molar-refractivity contribution is 5.71. The Morgan fingerprint density at radius 3 is 0.730 bits per heavy atom. The Kier molecular flexibility index (Phi) is 41.8. The van der Waals surface area contributed by atoms with Crippen molar-refractivity contribution in [3.8, 4) is 0 Å². The van der Waals surface area contributed by atoms with Crippen LogP contribution in [0.2, 0.25) is 0 Å². The van der Waals surface area contributed by atoms with Crippen LogP contribution in [0.1, 0.15) is 220 Å². The topological polar surface area (TPSA) is 178 Å². The number of carbonyl (C=O) groups excluding carboxylic acids is 6. The molecule has 0 unspecified atom stereocenters. The number of aliphatic hydroxyl groups is 1. The first kappa shape index (κ1) is 59.8. The van der Waals surface area contributed by atoms with E-state index in [9.17, 15) is 33.9 Å². The van der Waals surface area contributed by atoms with E-state index < -0.39 is 17.9 Å². The monoisotopic (exact) mass is 899 g/mol. The van der Waals surface area contributed by atoms with E-state index in [-0.39, 0.29) is 94.8 Å². The van der Waals surface area contributed by atoms with Gasteiger partial charge in [-0.3, -0.25) is 28.8 Å². The quantitative estimate of drug-likeness (QED) is 0.0347. The summed E-state index contributed by atoms with van der Waals surface area (Å²) >= 11 is 0. The van der Waals surface area contributed by atoms with Crippen LogP contribution >= 0.6 is 0 Å². The molecule has 0 aromatic heterocycles. The van der Waals surface area contributed by atoms with Gasteiger partial charge >= 0.3 is 35.8 Å². The number of carbonyl (C=O) groups is 6. The molecule has 0 aliphatic heterocycles. The second-order valence-electron chi connectivity index (χ2n) is 17.3. The van der Waals surface area contributed by atoms with E-state index >= 15 is 0 Å². The first-order valence-electron chi connectivity index (χ1n) is 25.1. The van der Waals surface area contributed by atoms with Gasteiger partial charge < -0.3 is 33.5 Å². The van der Waals surface area contributed by atoms with Crippen molar-refractivity contribution in [2.45, 2.75) is 220 Å². The van der Waals surface area contributed by atoms with Gasteiger partial charge in [0.1, 0.15) is 0 Å². The van der Waals surface area contributed by atoms with Crippen LogP contribution in [0, 0.1) is 17.8 Å². The van der Waals surface area contributed by atoms with Crippen LogP contribution < -0.4 is 0 Å². The average Bonchev–Trinajstić information content (AvgIpc) is 3.27. The van der Waals surface area contributed by atoms with E-state index in [0.717, 1.165) is 128 Å². The molecule has 1 N–H and O–H groups in total. The molecule has 0 amide bonds. The van der Waals surface area contributed by atoms with Gasteiger partial charge in [0.25, 0.3) is 0 Å². The lowest BCUT2D eigenvalue weighted by Crippen LogP contribution is -2.24. The molecular formula is C50H90O13. The summed E-state index contributed by atoms with van der Waals surface area (Å²) in [5.74, 6) is -3.19. The van der Waals surface area contributed by atoms with E-state index in [0.29, 0.717) is 51.4 Å². The minimum Gasteiger partial charge on any atom is -0.465 e. The Morgan fingerprint density at radius 1 is 0.302 bits per heavy atom. The van der Waals surface area contributed by atoms with Crippen molar-refractivity contribution in [3.05, 3.63) is 0 Å². The Hall–Kier alpha value is -3.22. The van der Waals surface area contributed by atoms with Crippen LogP contribution in [-0.4, -0.2) is 87.2 Å². The Morgan fingerprint density at radius 2 is 0.508 bits per heavy atom. The smallest absolute Gasteiger partial charge is 0.305 e. The van der Waals surface area contributed by atoms with Crippen LogP contribution in [0.3, 0.4) is 0 Å². The van der Waals surface area contributed by atoms with Gasteiger partial charge in [-0.1, -0.05) is 130 Å². The minimum atomic E-state index is -0.607. The predicted octanol–water partition coefficient (Wildman–Crippen LogP) is 10.9. The van der Waals surface area contributed by atoms with Crippen molar-refractivity contribution < 1.29 is 62.3 Å². The van der Waals surface area contributed by atoms with Gasteiger partial charge in [0.2, 0.25) is 0 Å². The molecule has 0 saturated carbocycles. The van der Waals surface area contributed by atoms with Gasteiger partial charge in [-0.05, 0) is 51.4 Å². The molecule has 0 heterocycles. The van der Waals surface area contributed by atoms with Gasteiger partial charge in [0, 0.05) is 50.4 Å². The Balaban J connectivity index is 4.83. The highest BCUT2D eigenvalue weighted by Crippen LogP contribution is 2.17. The summed E-state index contributed by atoms with van der Waals surface area (Å²) in [6.45, 7) is 8.35. The van der Waals surface area contributed by atoms with Crippen LogP contribution in [0.25, 0.3) is 0 Å². The molecule has 0 bridgehead atoms. The zero-order chi connectivity index (χ0) is 46.6. The summed E-state index contributed by atoms with van der Waals surface area (Å²) in [5, 5.41) is 9.88. The zero-order valence-corrected chi connectivity index (χ0v) is 40.2. The maximum absolute atomic E-state index is 12.6. The molecule has 63 heavy (non-hydrogen) atoms. The highest BCUT2D eigenvalue weighted by Gasteiger charge is 2.20. The molecule has 0 aliphatic rings. The van der Waals surface area contributed by atoms with Crippen LogP contribution in [0.15, 0.2) is 0 Å². The number of hydrogen-bond acceptors (Lipinski definition) is 13. The molecule has 0 rings (SSSR count). The third-order valence-corrected chi connectivity index (χ3v) is 11.1. The first-order chi connectivity index (χ1) is 30.6. The van der Waals surface area contributed by atoms with Gasteiger partial charge in [-0.15, -0.1) is 0 Å². The fraction of sp³-hybridized carbons (Fsp3) is 0.880. The number of hydrogen-bond donors (Lipinski definition) is 1. The van der Waals surface area contributed by atoms with E-state index in [2.05, 4.69) is 27.7 Å². The molecule has 13 heteroatoms. The van der Waals surface area contributed by atoms with Crippen molar-refractivity contribution in [1.82, 2.24) is 0 Å². The van der Waals surface area contributed by atoms with Gasteiger partial charge in [-0.25, -0.2) is 0 Å². The highest BCUT2D eigenvalue weighted by atomic mass is 16.6. The van der Waals surface area contributed by atoms with Crippen molar-refractivity contribution in [1.29, 1.82) is 0 Å². The van der Waals surface area contributed by atoms with Crippen molar-refractivity contribution in [2.75, 3.05) is 46.2 Å². The molecule has 0 saturated heterocycles. The molecular weight excluding hydrogens is 809 g/mol. The van der Waals surface area contributed by atoms with E-state index in [1.165, 1.54) is 0 Å². The lowest BCUT2D eigenvalue weighted by molar-refractivity contribution is -0.152. The number of ether oxygens (including phenoxy) is 6. The fourth-order valence-electron chi connectivity index (χ4n) is 6.84. The number of aliphatic hydroxyl groups excluding tert-OH is 1.